The molecule has 0 atom stereocenters. The zero-order chi connectivity index (χ0) is 17.0. The van der Waals surface area contributed by atoms with Gasteiger partial charge in [0, 0.05) is 18.2 Å². The maximum Gasteiger partial charge on any atom is 0.435 e. The highest BCUT2D eigenvalue weighted by Crippen LogP contribution is 2.32. The molecule has 0 saturated heterocycles. The maximum absolute atomic E-state index is 12.7. The summed E-state index contributed by atoms with van der Waals surface area (Å²) in [5.74, 6) is -1.03. The van der Waals surface area contributed by atoms with E-state index < -0.39 is 35.1 Å². The summed E-state index contributed by atoms with van der Waals surface area (Å²) in [7, 11) is 0. The highest BCUT2D eigenvalue weighted by Gasteiger charge is 2.36. The third-order valence-electron chi connectivity index (χ3n) is 2.74. The van der Waals surface area contributed by atoms with Crippen LogP contribution in [0, 0.1) is 0 Å². The molecule has 1 aromatic heterocycles. The molecule has 0 spiro atoms. The van der Waals surface area contributed by atoms with Gasteiger partial charge in [0.25, 0.3) is 0 Å². The van der Waals surface area contributed by atoms with Crippen LogP contribution in [0.4, 0.5) is 23.7 Å². The number of carbonyl (C=O) groups excluding carboxylic acids is 1. The number of amides is 2. The summed E-state index contributed by atoms with van der Waals surface area (Å²) in [5.41, 5.74) is -2.56. The Morgan fingerprint density at radius 1 is 1.32 bits per heavy atom. The van der Waals surface area contributed by atoms with E-state index in [1.165, 1.54) is 6.07 Å². The maximum atomic E-state index is 12.7. The number of aliphatic carboxylic acids is 1. The summed E-state index contributed by atoms with van der Waals surface area (Å²) in [5, 5.41) is 13.1. The van der Waals surface area contributed by atoms with E-state index in [4.69, 9.17) is 5.11 Å². The molecule has 9 heteroatoms. The Kier molecular flexibility index (Phi) is 5.34. The van der Waals surface area contributed by atoms with Gasteiger partial charge in [-0.1, -0.05) is 0 Å². The second-order valence-electron chi connectivity index (χ2n) is 5.25. The first-order valence-corrected chi connectivity index (χ1v) is 6.34. The molecular weight excluding hydrogens is 303 g/mol. The van der Waals surface area contributed by atoms with Crippen molar-refractivity contribution < 1.29 is 27.9 Å². The molecule has 0 radical (unpaired) electrons. The molecule has 3 N–H and O–H groups in total. The number of rotatable bonds is 5. The van der Waals surface area contributed by atoms with Crippen molar-refractivity contribution in [2.45, 2.75) is 38.4 Å². The zero-order valence-corrected chi connectivity index (χ0v) is 12.0. The smallest absolute Gasteiger partial charge is 0.435 e. The number of halogens is 3. The first kappa shape index (κ1) is 17.7. The van der Waals surface area contributed by atoms with Crippen LogP contribution in [0.2, 0.25) is 0 Å². The Bertz CT molecular complexity index is 559. The van der Waals surface area contributed by atoms with Crippen molar-refractivity contribution in [3.8, 4) is 0 Å². The fraction of sp³-hybridized carbons (Fsp3) is 0.462. The van der Waals surface area contributed by atoms with Gasteiger partial charge in [0.2, 0.25) is 0 Å². The number of alkyl halides is 3. The molecule has 22 heavy (non-hydrogen) atoms. The van der Waals surface area contributed by atoms with Crippen LogP contribution in [0.3, 0.4) is 0 Å². The quantitative estimate of drug-likeness (QED) is 0.778. The van der Waals surface area contributed by atoms with Gasteiger partial charge in [0.1, 0.15) is 0 Å². The minimum absolute atomic E-state index is 0.134. The van der Waals surface area contributed by atoms with Gasteiger partial charge in [-0.05, 0) is 32.4 Å². The van der Waals surface area contributed by atoms with Crippen LogP contribution >= 0.6 is 0 Å². The number of pyridine rings is 1. The Morgan fingerprint density at radius 2 is 1.95 bits per heavy atom. The third-order valence-corrected chi connectivity index (χ3v) is 2.74. The van der Waals surface area contributed by atoms with E-state index in [0.29, 0.717) is 0 Å². The fourth-order valence-electron chi connectivity index (χ4n) is 1.67. The van der Waals surface area contributed by atoms with E-state index in [0.717, 1.165) is 12.3 Å². The largest absolute Gasteiger partial charge is 0.481 e. The van der Waals surface area contributed by atoms with E-state index >= 15 is 0 Å². The molecule has 2 amide bonds. The summed E-state index contributed by atoms with van der Waals surface area (Å²) in [4.78, 5) is 25.5. The molecule has 0 bridgehead atoms. The fourth-order valence-corrected chi connectivity index (χ4v) is 1.67. The van der Waals surface area contributed by atoms with Gasteiger partial charge in [-0.3, -0.25) is 4.79 Å². The van der Waals surface area contributed by atoms with Crippen molar-refractivity contribution >= 4 is 17.7 Å². The van der Waals surface area contributed by atoms with Crippen LogP contribution in [0.15, 0.2) is 18.3 Å². The van der Waals surface area contributed by atoms with Crippen LogP contribution in [0.1, 0.15) is 32.4 Å². The zero-order valence-electron chi connectivity index (χ0n) is 12.0. The minimum Gasteiger partial charge on any atom is -0.481 e. The van der Waals surface area contributed by atoms with Crippen molar-refractivity contribution in [3.63, 3.8) is 0 Å². The number of carbonyl (C=O) groups is 2. The van der Waals surface area contributed by atoms with Crippen LogP contribution in [0.25, 0.3) is 0 Å². The van der Waals surface area contributed by atoms with Gasteiger partial charge in [-0.2, -0.15) is 13.2 Å². The van der Waals surface area contributed by atoms with Gasteiger partial charge in [0.15, 0.2) is 5.69 Å². The summed E-state index contributed by atoms with van der Waals surface area (Å²) in [6.07, 6.45) is -3.76. The van der Waals surface area contributed by atoms with Crippen LogP contribution in [0.5, 0.6) is 0 Å². The molecule has 1 rings (SSSR count). The molecule has 1 heterocycles. The number of urea groups is 1. The summed E-state index contributed by atoms with van der Waals surface area (Å²) in [6, 6.07) is 1.48. The summed E-state index contributed by atoms with van der Waals surface area (Å²) in [6.45, 7) is 3.15. The van der Waals surface area contributed by atoms with E-state index in [-0.39, 0.29) is 12.8 Å². The second-order valence-corrected chi connectivity index (χ2v) is 5.25. The highest BCUT2D eigenvalue weighted by molar-refractivity contribution is 5.90. The molecule has 0 aliphatic carbocycles. The molecule has 0 aliphatic rings. The van der Waals surface area contributed by atoms with Crippen LogP contribution in [-0.2, 0) is 11.0 Å². The lowest BCUT2D eigenvalue weighted by molar-refractivity contribution is -0.140. The molecule has 1 aromatic rings. The third kappa shape index (κ3) is 5.58. The number of hydrogen-bond acceptors (Lipinski definition) is 3. The number of nitrogens with zero attached hydrogens (tertiary/aromatic N) is 1. The Labute approximate surface area is 124 Å². The highest BCUT2D eigenvalue weighted by atomic mass is 19.4. The number of carboxylic acids is 1. The van der Waals surface area contributed by atoms with Crippen LogP contribution in [-0.4, -0.2) is 27.6 Å². The number of nitrogens with one attached hydrogen (secondary N) is 2. The molecule has 0 unspecified atom stereocenters. The van der Waals surface area contributed by atoms with Gasteiger partial charge >= 0.3 is 18.2 Å². The molecular formula is C13H16F3N3O3. The predicted molar refractivity (Wildman–Crippen MR) is 72.3 cm³/mol. The van der Waals surface area contributed by atoms with Crippen molar-refractivity contribution in [1.82, 2.24) is 10.3 Å². The molecule has 0 aromatic carbocycles. The second kappa shape index (κ2) is 6.63. The average molecular weight is 319 g/mol. The monoisotopic (exact) mass is 319 g/mol. The van der Waals surface area contributed by atoms with Gasteiger partial charge in [0.05, 0.1) is 5.69 Å². The van der Waals surface area contributed by atoms with E-state index in [2.05, 4.69) is 15.6 Å². The van der Waals surface area contributed by atoms with Crippen LogP contribution < -0.4 is 10.6 Å². The molecule has 122 valence electrons. The van der Waals surface area contributed by atoms with Gasteiger partial charge in [-0.15, -0.1) is 0 Å². The number of anilines is 1. The SMILES string of the molecule is CC(C)(CCC(=O)O)NC(=O)Nc1cccnc1C(F)(F)F. The van der Waals surface area contributed by atoms with Crippen molar-refractivity contribution in [2.24, 2.45) is 0 Å². The van der Waals surface area contributed by atoms with Gasteiger partial charge < -0.3 is 15.7 Å². The number of aromatic nitrogens is 1. The first-order valence-electron chi connectivity index (χ1n) is 6.34. The lowest BCUT2D eigenvalue weighted by Crippen LogP contribution is -2.46. The lowest BCUT2D eigenvalue weighted by Gasteiger charge is -2.26. The standard InChI is InChI=1S/C13H16F3N3O3/c1-12(2,6-5-9(20)21)19-11(22)18-8-4-3-7-17-10(8)13(14,15)16/h3-4,7H,5-6H2,1-2H3,(H,20,21)(H2,18,19,22). The Hall–Kier alpha value is -2.32. The molecule has 0 fully saturated rings. The number of hydrogen-bond donors (Lipinski definition) is 3. The minimum atomic E-state index is -4.69. The van der Waals surface area contributed by atoms with E-state index in [1.54, 1.807) is 13.8 Å². The van der Waals surface area contributed by atoms with Gasteiger partial charge in [-0.25, -0.2) is 9.78 Å². The summed E-state index contributed by atoms with van der Waals surface area (Å²) < 4.78 is 38.2. The Morgan fingerprint density at radius 3 is 2.50 bits per heavy atom. The summed E-state index contributed by atoms with van der Waals surface area (Å²) >= 11 is 0. The average Bonchev–Trinajstić information content (AvgIpc) is 2.35. The van der Waals surface area contributed by atoms with Crippen molar-refractivity contribution in [2.75, 3.05) is 5.32 Å². The Balaban J connectivity index is 2.76. The van der Waals surface area contributed by atoms with Crippen molar-refractivity contribution in [1.29, 1.82) is 0 Å². The predicted octanol–water partition coefficient (Wildman–Crippen LogP) is 2.87. The lowest BCUT2D eigenvalue weighted by atomic mass is 9.99. The van der Waals surface area contributed by atoms with Crippen molar-refractivity contribution in [3.05, 3.63) is 24.0 Å². The van der Waals surface area contributed by atoms with E-state index in [1.807, 2.05) is 0 Å². The molecule has 0 aliphatic heterocycles. The topological polar surface area (TPSA) is 91.3 Å². The van der Waals surface area contributed by atoms with E-state index in [9.17, 15) is 22.8 Å². The molecule has 6 nitrogen and oxygen atoms in total. The first-order chi connectivity index (χ1) is 10.0. The number of carboxylic acid groups (broad SMARTS) is 1. The normalized spacial score (nSPS) is 11.9. The molecule has 0 saturated carbocycles.